The number of rotatable bonds is 6. The molecule has 1 aliphatic rings. The van der Waals surface area contributed by atoms with E-state index in [2.05, 4.69) is 30.4 Å². The molecule has 0 atom stereocenters. The van der Waals surface area contributed by atoms with Crippen molar-refractivity contribution in [1.82, 2.24) is 4.40 Å². The molecule has 0 amide bonds. The molecule has 2 heterocycles. The van der Waals surface area contributed by atoms with E-state index in [0.717, 1.165) is 60.3 Å². The van der Waals surface area contributed by atoms with Crippen LogP contribution in [0, 0.1) is 0 Å². The van der Waals surface area contributed by atoms with Crippen molar-refractivity contribution in [3.05, 3.63) is 199 Å². The van der Waals surface area contributed by atoms with Crippen molar-refractivity contribution in [1.29, 1.82) is 0 Å². The maximum atomic E-state index is 9.26. The molecule has 0 spiro atoms. The first-order valence-electron chi connectivity index (χ1n) is 23.8. The molecule has 0 radical (unpaired) electrons. The van der Waals surface area contributed by atoms with Gasteiger partial charge in [-0.25, -0.2) is 0 Å². The Morgan fingerprint density at radius 2 is 1.07 bits per heavy atom. The van der Waals surface area contributed by atoms with Crippen molar-refractivity contribution in [3.8, 4) is 11.1 Å². The molecule has 8 aromatic carbocycles. The van der Waals surface area contributed by atoms with E-state index in [1.165, 1.54) is 0 Å². The van der Waals surface area contributed by atoms with Crippen LogP contribution in [-0.2, 0) is 5.41 Å². The molecule has 0 aliphatic heterocycles. The van der Waals surface area contributed by atoms with E-state index in [-0.39, 0.29) is 47.6 Å². The van der Waals surface area contributed by atoms with Gasteiger partial charge in [0, 0.05) is 61.0 Å². The van der Waals surface area contributed by atoms with Gasteiger partial charge in [0.2, 0.25) is 0 Å². The molecule has 3 nitrogen and oxygen atoms in total. The van der Waals surface area contributed by atoms with Gasteiger partial charge in [-0.15, -0.1) is 0 Å². The molecule has 0 unspecified atom stereocenters. The molecule has 0 fully saturated rings. The Balaban J connectivity index is 1.34. The van der Waals surface area contributed by atoms with Crippen LogP contribution in [0.15, 0.2) is 188 Å². The Hall–Kier alpha value is -6.84. The van der Waals surface area contributed by atoms with Crippen LogP contribution in [0.5, 0.6) is 0 Å². The van der Waals surface area contributed by atoms with Crippen molar-refractivity contribution in [2.24, 2.45) is 0 Å². The molecule has 11 rings (SSSR count). The largest absolute Gasteiger partial charge is 0.311 e. The highest BCUT2D eigenvalue weighted by Crippen LogP contribution is 2.58. The van der Waals surface area contributed by atoms with E-state index in [1.54, 1.807) is 58.3 Å². The summed E-state index contributed by atoms with van der Waals surface area (Å²) in [5, 5.41) is 4.11. The zero-order valence-corrected chi connectivity index (χ0v) is 29.3. The first-order valence-corrected chi connectivity index (χ1v) is 17.8. The van der Waals surface area contributed by atoms with Gasteiger partial charge in [-0.05, 0) is 77.1 Å². The Morgan fingerprint density at radius 1 is 0.500 bits per heavy atom. The normalized spacial score (nSPS) is 16.3. The first kappa shape index (κ1) is 21.0. The fourth-order valence-electron chi connectivity index (χ4n) is 8.79. The van der Waals surface area contributed by atoms with Crippen LogP contribution in [0.4, 0.5) is 34.1 Å². The highest BCUT2D eigenvalue weighted by atomic mass is 15.2. The van der Waals surface area contributed by atoms with E-state index in [9.17, 15) is 5.48 Å². The maximum absolute atomic E-state index is 9.26. The summed E-state index contributed by atoms with van der Waals surface area (Å²) >= 11 is 0. The SMILES string of the molecule is [2H]c1ccc(N(c2c([2H])c([2H])c([2H])c([2H])c2[2H])c2cc3c(c4ccccc24)c2ccc(N(c4ccc([2H])cc4)c4c([2H])c([2H])c([2H])c([2H])c4[2H])c4c5c(n3c42)C(C)(C)c2ccccc2-5)cc1. The minimum absolute atomic E-state index is 0.0442. The molecule has 2 aromatic heterocycles. The summed E-state index contributed by atoms with van der Waals surface area (Å²) in [5.41, 5.74) is 6.84. The van der Waals surface area contributed by atoms with Gasteiger partial charge in [0.05, 0.1) is 38.9 Å². The van der Waals surface area contributed by atoms with Gasteiger partial charge in [-0.1, -0.05) is 141 Å². The number of benzene rings is 8. The Bertz CT molecular complexity index is 3660. The van der Waals surface area contributed by atoms with Gasteiger partial charge in [0.15, 0.2) is 0 Å². The highest BCUT2D eigenvalue weighted by molar-refractivity contribution is 6.30. The van der Waals surface area contributed by atoms with Gasteiger partial charge in [-0.3, -0.25) is 0 Å². The highest BCUT2D eigenvalue weighted by Gasteiger charge is 2.42. The van der Waals surface area contributed by atoms with Crippen LogP contribution in [-0.4, -0.2) is 4.40 Å². The van der Waals surface area contributed by atoms with E-state index >= 15 is 0 Å². The second-order valence-electron chi connectivity index (χ2n) is 14.1. The molecule has 10 aromatic rings. The molecule has 256 valence electrons. The van der Waals surface area contributed by atoms with Crippen LogP contribution >= 0.6 is 0 Å². The Kier molecular flexibility index (Phi) is 4.51. The summed E-state index contributed by atoms with van der Waals surface area (Å²) in [6.45, 7) is 4.34. The van der Waals surface area contributed by atoms with E-state index in [1.807, 2.05) is 54.6 Å². The van der Waals surface area contributed by atoms with Crippen molar-refractivity contribution >= 4 is 72.1 Å². The minimum atomic E-state index is -0.613. The third kappa shape index (κ3) is 4.24. The van der Waals surface area contributed by atoms with E-state index in [0.29, 0.717) is 22.7 Å². The lowest BCUT2D eigenvalue weighted by Gasteiger charge is -2.27. The minimum Gasteiger partial charge on any atom is -0.311 e. The van der Waals surface area contributed by atoms with E-state index in [4.69, 9.17) is 11.0 Å². The number of hydrogen-bond donors (Lipinski definition) is 0. The summed E-state index contributed by atoms with van der Waals surface area (Å²) in [6.07, 6.45) is 0. The molecule has 0 N–H and O–H groups in total. The molecule has 1 aliphatic carbocycles. The molecule has 0 saturated heterocycles. The van der Waals surface area contributed by atoms with Crippen LogP contribution in [0.2, 0.25) is 0 Å². The summed E-state index contributed by atoms with van der Waals surface area (Å²) in [6, 6.07) is 31.2. The van der Waals surface area contributed by atoms with E-state index < -0.39 is 41.7 Å². The maximum Gasteiger partial charge on any atom is 0.0645 e. The molecule has 0 bridgehead atoms. The van der Waals surface area contributed by atoms with Gasteiger partial charge in [0.25, 0.3) is 0 Å². The lowest BCUT2D eigenvalue weighted by molar-refractivity contribution is 0.633. The predicted octanol–water partition coefficient (Wildman–Crippen LogP) is 14.1. The van der Waals surface area contributed by atoms with Crippen LogP contribution < -0.4 is 9.80 Å². The second-order valence-corrected chi connectivity index (χ2v) is 14.1. The standard InChI is InChI=1S/C51H37N3/c1-51(2)42-30-18-17-29-40(42)47-48-43(52(34-19-7-3-8-20-34)35-21-9-4-10-22-35)32-31-41-46-39-28-16-15-27-38(39)44(33-45(46)54(49(41)48)50(47)51)53(36-23-11-5-12-24-36)37-25-13-6-14-26-37/h3-33H,1-2H3/i3D,4D,5D,6D,7D,8D,11D,12D,19D,20D,23D,24D. The monoisotopic (exact) mass is 703 g/mol. The Labute approximate surface area is 331 Å². The second kappa shape index (κ2) is 11.6. The Morgan fingerprint density at radius 3 is 1.72 bits per heavy atom. The van der Waals surface area contributed by atoms with Crippen molar-refractivity contribution in [2.45, 2.75) is 19.3 Å². The number of fused-ring (bicyclic) bond motifs is 10. The van der Waals surface area contributed by atoms with Gasteiger partial charge >= 0.3 is 0 Å². The fraction of sp³-hybridized carbons (Fsp3) is 0.0588. The molecular weight excluding hydrogens is 655 g/mol. The van der Waals surface area contributed by atoms with Crippen molar-refractivity contribution < 1.29 is 16.4 Å². The summed E-state index contributed by atoms with van der Waals surface area (Å²) < 4.78 is 108. The molecule has 54 heavy (non-hydrogen) atoms. The summed E-state index contributed by atoms with van der Waals surface area (Å²) in [4.78, 5) is 3.40. The van der Waals surface area contributed by atoms with Gasteiger partial charge in [-0.2, -0.15) is 0 Å². The molecule has 0 saturated carbocycles. The number of nitrogens with zero attached hydrogens (tertiary/aromatic N) is 3. The quantitative estimate of drug-likeness (QED) is 0.171. The summed E-state index contributed by atoms with van der Waals surface area (Å²) in [5.74, 6) is 0. The fourth-order valence-corrected chi connectivity index (χ4v) is 8.79. The van der Waals surface area contributed by atoms with Crippen LogP contribution in [0.3, 0.4) is 0 Å². The topological polar surface area (TPSA) is 10.9 Å². The first-order chi connectivity index (χ1) is 31.5. The predicted molar refractivity (Wildman–Crippen MR) is 228 cm³/mol. The van der Waals surface area contributed by atoms with Crippen LogP contribution in [0.25, 0.3) is 49.1 Å². The molecular formula is C51H37N3. The smallest absolute Gasteiger partial charge is 0.0645 e. The van der Waals surface area contributed by atoms with Gasteiger partial charge < -0.3 is 14.2 Å². The van der Waals surface area contributed by atoms with Crippen molar-refractivity contribution in [3.63, 3.8) is 0 Å². The lowest BCUT2D eigenvalue weighted by Crippen LogP contribution is -2.17. The third-order valence-corrected chi connectivity index (χ3v) is 10.9. The number of para-hydroxylation sites is 4. The van der Waals surface area contributed by atoms with Gasteiger partial charge in [0.1, 0.15) is 0 Å². The average Bonchev–Trinajstić information content (AvgIpc) is 3.93. The number of anilines is 6. The number of hydrogen-bond acceptors (Lipinski definition) is 2. The third-order valence-electron chi connectivity index (χ3n) is 10.9. The zero-order valence-electron chi connectivity index (χ0n) is 41.3. The lowest BCUT2D eigenvalue weighted by atomic mass is 9.85. The zero-order chi connectivity index (χ0) is 46.4. The number of aromatic nitrogens is 1. The molecule has 3 heteroatoms. The van der Waals surface area contributed by atoms with Crippen LogP contribution in [0.1, 0.15) is 41.6 Å². The average molecular weight is 704 g/mol. The summed E-state index contributed by atoms with van der Waals surface area (Å²) in [7, 11) is 0. The van der Waals surface area contributed by atoms with Crippen molar-refractivity contribution in [2.75, 3.05) is 9.80 Å².